The molecule has 2 aromatic heterocycles. The number of carbonyl (C=O) groups is 2. The summed E-state index contributed by atoms with van der Waals surface area (Å²) in [6.45, 7) is 4.45. The first-order valence-corrected chi connectivity index (χ1v) is 13.2. The number of nitrogens with zero attached hydrogens (tertiary/aromatic N) is 3. The van der Waals surface area contributed by atoms with Gasteiger partial charge in [0.15, 0.2) is 5.16 Å². The van der Waals surface area contributed by atoms with Crippen LogP contribution in [0.1, 0.15) is 47.8 Å². The highest BCUT2D eigenvalue weighted by molar-refractivity contribution is 7.99. The average Bonchev–Trinajstić information content (AvgIpc) is 3.63. The van der Waals surface area contributed by atoms with E-state index in [1.807, 2.05) is 40.3 Å². The molecule has 1 saturated carbocycles. The second-order valence-corrected chi connectivity index (χ2v) is 9.95. The molecular formula is C25H28N4O4S2. The molecule has 4 rings (SSSR count). The van der Waals surface area contributed by atoms with Crippen molar-refractivity contribution in [2.45, 2.75) is 43.3 Å². The molecule has 0 spiro atoms. The third-order valence-electron chi connectivity index (χ3n) is 5.94. The van der Waals surface area contributed by atoms with Crippen LogP contribution in [0.5, 0.6) is 5.75 Å². The maximum absolute atomic E-state index is 12.8. The molecule has 0 bridgehead atoms. The lowest BCUT2D eigenvalue weighted by Crippen LogP contribution is -2.16. The summed E-state index contributed by atoms with van der Waals surface area (Å²) >= 11 is 2.61. The first kappa shape index (κ1) is 25.0. The predicted molar refractivity (Wildman–Crippen MR) is 138 cm³/mol. The smallest absolute Gasteiger partial charge is 0.341 e. The summed E-state index contributed by atoms with van der Waals surface area (Å²) in [5.74, 6) is 1.49. The van der Waals surface area contributed by atoms with E-state index in [-0.39, 0.29) is 11.7 Å². The molecule has 35 heavy (non-hydrogen) atoms. The number of hydrogen-bond donors (Lipinski definition) is 1. The Morgan fingerprint density at radius 2 is 1.97 bits per heavy atom. The second kappa shape index (κ2) is 11.5. The van der Waals surface area contributed by atoms with Crippen LogP contribution in [-0.2, 0) is 16.1 Å². The molecule has 1 aliphatic rings. The summed E-state index contributed by atoms with van der Waals surface area (Å²) < 4.78 is 12.3. The first-order chi connectivity index (χ1) is 17.0. The number of nitrogens with one attached hydrogen (secondary N) is 1. The van der Waals surface area contributed by atoms with Gasteiger partial charge in [0.2, 0.25) is 5.91 Å². The SMILES string of the molecule is C=CCn1c(SCC(=O)Nc2scc(-c3ccc(OC)cc3)c2C(=O)OC)nnc1C1CCCC1. The van der Waals surface area contributed by atoms with E-state index in [0.29, 0.717) is 33.7 Å². The van der Waals surface area contributed by atoms with E-state index in [0.717, 1.165) is 30.0 Å². The molecule has 1 amide bonds. The van der Waals surface area contributed by atoms with Gasteiger partial charge in [-0.3, -0.25) is 4.79 Å². The summed E-state index contributed by atoms with van der Waals surface area (Å²) in [6.07, 6.45) is 6.47. The largest absolute Gasteiger partial charge is 0.497 e. The van der Waals surface area contributed by atoms with Gasteiger partial charge < -0.3 is 19.4 Å². The molecule has 1 N–H and O–H groups in total. The second-order valence-electron chi connectivity index (χ2n) is 8.13. The molecule has 184 valence electrons. The highest BCUT2D eigenvalue weighted by Crippen LogP contribution is 2.37. The molecule has 2 heterocycles. The zero-order valence-electron chi connectivity index (χ0n) is 19.8. The molecule has 0 radical (unpaired) electrons. The Bertz CT molecular complexity index is 1200. The fourth-order valence-electron chi connectivity index (χ4n) is 4.22. The predicted octanol–water partition coefficient (Wildman–Crippen LogP) is 5.38. The lowest BCUT2D eigenvalue weighted by atomic mass is 10.0. The minimum absolute atomic E-state index is 0.135. The lowest BCUT2D eigenvalue weighted by molar-refractivity contribution is -0.113. The van der Waals surface area contributed by atoms with Crippen LogP contribution in [-0.4, -0.2) is 46.6 Å². The summed E-state index contributed by atoms with van der Waals surface area (Å²) in [5, 5.41) is 14.6. The maximum Gasteiger partial charge on any atom is 0.341 e. The minimum atomic E-state index is -0.507. The Kier molecular flexibility index (Phi) is 8.25. The molecule has 1 fully saturated rings. The van der Waals surface area contributed by atoms with Crippen molar-refractivity contribution in [2.75, 3.05) is 25.3 Å². The number of ether oxygens (including phenoxy) is 2. The van der Waals surface area contributed by atoms with Crippen molar-refractivity contribution in [3.05, 3.63) is 53.7 Å². The molecule has 8 nitrogen and oxygen atoms in total. The van der Waals surface area contributed by atoms with Crippen molar-refractivity contribution in [3.63, 3.8) is 0 Å². The molecule has 0 unspecified atom stereocenters. The fourth-order valence-corrected chi connectivity index (χ4v) is 5.95. The minimum Gasteiger partial charge on any atom is -0.497 e. The Morgan fingerprint density at radius 1 is 1.23 bits per heavy atom. The Labute approximate surface area is 212 Å². The van der Waals surface area contributed by atoms with Crippen LogP contribution >= 0.6 is 23.1 Å². The van der Waals surface area contributed by atoms with Crippen LogP contribution in [0.3, 0.4) is 0 Å². The van der Waals surface area contributed by atoms with Crippen LogP contribution in [0.4, 0.5) is 5.00 Å². The number of thioether (sulfide) groups is 1. The van der Waals surface area contributed by atoms with Crippen molar-refractivity contribution in [3.8, 4) is 16.9 Å². The summed E-state index contributed by atoms with van der Waals surface area (Å²) in [7, 11) is 2.92. The monoisotopic (exact) mass is 512 g/mol. The summed E-state index contributed by atoms with van der Waals surface area (Å²) in [5.41, 5.74) is 1.85. The van der Waals surface area contributed by atoms with Crippen molar-refractivity contribution in [1.29, 1.82) is 0 Å². The maximum atomic E-state index is 12.8. The van der Waals surface area contributed by atoms with Crippen LogP contribution in [0.15, 0.2) is 47.5 Å². The number of carbonyl (C=O) groups excluding carboxylic acids is 2. The van der Waals surface area contributed by atoms with Crippen molar-refractivity contribution in [2.24, 2.45) is 0 Å². The van der Waals surface area contributed by atoms with E-state index in [9.17, 15) is 9.59 Å². The van der Waals surface area contributed by atoms with E-state index >= 15 is 0 Å². The molecular weight excluding hydrogens is 484 g/mol. The van der Waals surface area contributed by atoms with Gasteiger partial charge in [-0.2, -0.15) is 0 Å². The normalized spacial score (nSPS) is 13.5. The third-order valence-corrected chi connectivity index (χ3v) is 7.81. The average molecular weight is 513 g/mol. The van der Waals surface area contributed by atoms with Gasteiger partial charge in [0.25, 0.3) is 0 Å². The van der Waals surface area contributed by atoms with Gasteiger partial charge in [0.1, 0.15) is 22.1 Å². The van der Waals surface area contributed by atoms with Gasteiger partial charge >= 0.3 is 5.97 Å². The van der Waals surface area contributed by atoms with Gasteiger partial charge in [-0.15, -0.1) is 28.1 Å². The standard InChI is InChI=1S/C25H28N4O4S2/c1-4-13-29-22(17-7-5-6-8-17)27-28-25(29)35-15-20(30)26-23-21(24(31)33-3)19(14-34-23)16-9-11-18(32-2)12-10-16/h4,9-12,14,17H,1,5-8,13,15H2,2-3H3,(H,26,30). The number of anilines is 1. The van der Waals surface area contributed by atoms with Gasteiger partial charge in [-0.1, -0.05) is 42.8 Å². The quantitative estimate of drug-likeness (QED) is 0.221. The molecule has 1 aromatic carbocycles. The lowest BCUT2D eigenvalue weighted by Gasteiger charge is -2.12. The molecule has 0 aliphatic heterocycles. The Balaban J connectivity index is 1.49. The van der Waals surface area contributed by atoms with Crippen LogP contribution in [0.2, 0.25) is 0 Å². The molecule has 3 aromatic rings. The van der Waals surface area contributed by atoms with E-state index in [2.05, 4.69) is 22.1 Å². The van der Waals surface area contributed by atoms with Gasteiger partial charge in [0.05, 0.1) is 20.0 Å². The summed E-state index contributed by atoms with van der Waals surface area (Å²) in [4.78, 5) is 25.4. The number of methoxy groups -OCH3 is 2. The van der Waals surface area contributed by atoms with Gasteiger partial charge in [-0.25, -0.2) is 4.79 Å². The number of esters is 1. The zero-order chi connectivity index (χ0) is 24.8. The Hall–Kier alpha value is -3.11. The van der Waals surface area contributed by atoms with Crippen LogP contribution in [0, 0.1) is 0 Å². The van der Waals surface area contributed by atoms with Crippen LogP contribution < -0.4 is 10.1 Å². The zero-order valence-corrected chi connectivity index (χ0v) is 21.4. The molecule has 0 atom stereocenters. The third kappa shape index (κ3) is 5.59. The number of amides is 1. The Morgan fingerprint density at radius 3 is 2.63 bits per heavy atom. The van der Waals surface area contributed by atoms with E-state index in [1.54, 1.807) is 7.11 Å². The molecule has 0 saturated heterocycles. The van der Waals surface area contributed by atoms with Crippen molar-refractivity contribution >= 4 is 40.0 Å². The highest BCUT2D eigenvalue weighted by Gasteiger charge is 2.25. The van der Waals surface area contributed by atoms with E-state index in [4.69, 9.17) is 9.47 Å². The molecule has 10 heteroatoms. The van der Waals surface area contributed by atoms with E-state index < -0.39 is 5.97 Å². The molecule has 1 aliphatic carbocycles. The van der Waals surface area contributed by atoms with E-state index in [1.165, 1.54) is 43.1 Å². The number of aromatic nitrogens is 3. The number of rotatable bonds is 10. The van der Waals surface area contributed by atoms with Gasteiger partial charge in [-0.05, 0) is 30.5 Å². The number of thiophene rings is 1. The topological polar surface area (TPSA) is 95.3 Å². The number of hydrogen-bond acceptors (Lipinski definition) is 8. The number of allylic oxidation sites excluding steroid dienone is 1. The van der Waals surface area contributed by atoms with Crippen molar-refractivity contribution < 1.29 is 19.1 Å². The number of benzene rings is 1. The highest BCUT2D eigenvalue weighted by atomic mass is 32.2. The summed E-state index contributed by atoms with van der Waals surface area (Å²) in [6, 6.07) is 7.37. The van der Waals surface area contributed by atoms with Crippen LogP contribution in [0.25, 0.3) is 11.1 Å². The fraction of sp³-hybridized carbons (Fsp3) is 0.360. The van der Waals surface area contributed by atoms with Crippen molar-refractivity contribution in [1.82, 2.24) is 14.8 Å². The van der Waals surface area contributed by atoms with Gasteiger partial charge in [0, 0.05) is 23.4 Å². The first-order valence-electron chi connectivity index (χ1n) is 11.4.